The predicted molar refractivity (Wildman–Crippen MR) is 101 cm³/mol. The zero-order chi connectivity index (χ0) is 17.7. The Kier molecular flexibility index (Phi) is 8.34. The Morgan fingerprint density at radius 1 is 1.24 bits per heavy atom. The van der Waals surface area contributed by atoms with Crippen molar-refractivity contribution >= 4 is 28.3 Å². The number of carbonyl (C=O) groups is 1. The van der Waals surface area contributed by atoms with Gasteiger partial charge >= 0.3 is 0 Å². The first-order valence-corrected chi connectivity index (χ1v) is 9.90. The summed E-state index contributed by atoms with van der Waals surface area (Å²) in [6.45, 7) is 4.62. The molecular formula is C17H28ClN3O3S. The lowest BCUT2D eigenvalue weighted by Gasteiger charge is -2.12. The number of nitrogens with two attached hydrogens (primary N) is 1. The summed E-state index contributed by atoms with van der Waals surface area (Å²) in [5.41, 5.74) is 6.99. The van der Waals surface area contributed by atoms with Crippen molar-refractivity contribution in [2.45, 2.75) is 50.0 Å². The number of rotatable bonds is 9. The van der Waals surface area contributed by atoms with Crippen LogP contribution in [0.15, 0.2) is 29.2 Å². The second-order valence-electron chi connectivity index (χ2n) is 6.68. The molecule has 1 aliphatic carbocycles. The molecule has 25 heavy (non-hydrogen) atoms. The molecule has 142 valence electrons. The van der Waals surface area contributed by atoms with Gasteiger partial charge in [-0.15, -0.1) is 12.4 Å². The van der Waals surface area contributed by atoms with Gasteiger partial charge in [0, 0.05) is 25.6 Å². The van der Waals surface area contributed by atoms with Crippen molar-refractivity contribution in [2.75, 3.05) is 13.1 Å². The van der Waals surface area contributed by atoms with E-state index in [4.69, 9.17) is 5.73 Å². The zero-order valence-corrected chi connectivity index (χ0v) is 16.3. The highest BCUT2D eigenvalue weighted by Crippen LogP contribution is 2.31. The summed E-state index contributed by atoms with van der Waals surface area (Å²) in [4.78, 5) is 11.9. The highest BCUT2D eigenvalue weighted by Gasteiger charge is 2.28. The molecular weight excluding hydrogens is 362 g/mol. The summed E-state index contributed by atoms with van der Waals surface area (Å²) in [5.74, 6) is 0.682. The monoisotopic (exact) mass is 389 g/mol. The van der Waals surface area contributed by atoms with Crippen LogP contribution in [-0.4, -0.2) is 33.5 Å². The van der Waals surface area contributed by atoms with E-state index in [1.807, 2.05) is 12.1 Å². The normalized spacial score (nSPS) is 15.5. The third kappa shape index (κ3) is 6.93. The summed E-state index contributed by atoms with van der Waals surface area (Å²) in [5, 5.41) is 2.75. The van der Waals surface area contributed by atoms with E-state index in [1.54, 1.807) is 12.1 Å². The second-order valence-corrected chi connectivity index (χ2v) is 8.44. The molecule has 4 N–H and O–H groups in total. The van der Waals surface area contributed by atoms with E-state index in [0.29, 0.717) is 18.4 Å². The molecule has 0 aliphatic heterocycles. The minimum Gasteiger partial charge on any atom is -0.354 e. The van der Waals surface area contributed by atoms with E-state index in [1.165, 1.54) is 0 Å². The molecule has 1 saturated carbocycles. The highest BCUT2D eigenvalue weighted by atomic mass is 35.5. The number of nitrogens with one attached hydrogen (secondary N) is 2. The first kappa shape index (κ1) is 21.9. The van der Waals surface area contributed by atoms with Crippen LogP contribution in [0.2, 0.25) is 0 Å². The number of hydrogen-bond donors (Lipinski definition) is 3. The molecule has 0 aromatic heterocycles. The number of halogens is 1. The lowest BCUT2D eigenvalue weighted by atomic mass is 10.0. The van der Waals surface area contributed by atoms with Gasteiger partial charge in [0.1, 0.15) is 0 Å². The van der Waals surface area contributed by atoms with Crippen LogP contribution in [0, 0.1) is 5.92 Å². The fraction of sp³-hybridized carbons (Fsp3) is 0.588. The zero-order valence-electron chi connectivity index (χ0n) is 14.7. The van der Waals surface area contributed by atoms with Gasteiger partial charge in [-0.25, -0.2) is 13.1 Å². The van der Waals surface area contributed by atoms with E-state index in [-0.39, 0.29) is 42.2 Å². The quantitative estimate of drug-likeness (QED) is 0.598. The molecule has 8 heteroatoms. The second kappa shape index (κ2) is 9.52. The molecule has 1 unspecified atom stereocenters. The highest BCUT2D eigenvalue weighted by molar-refractivity contribution is 7.89. The van der Waals surface area contributed by atoms with Crippen LogP contribution in [0.25, 0.3) is 0 Å². The molecule has 0 spiro atoms. The summed E-state index contributed by atoms with van der Waals surface area (Å²) in [6, 6.07) is 6.81. The van der Waals surface area contributed by atoms with Crippen molar-refractivity contribution in [1.82, 2.24) is 10.0 Å². The number of benzene rings is 1. The molecule has 1 aliphatic rings. The van der Waals surface area contributed by atoms with Crippen LogP contribution in [0.1, 0.15) is 44.6 Å². The number of hydrogen-bond acceptors (Lipinski definition) is 4. The fourth-order valence-corrected chi connectivity index (χ4v) is 3.46. The minimum atomic E-state index is -3.59. The average molecular weight is 390 g/mol. The minimum absolute atomic E-state index is 0. The molecule has 0 bridgehead atoms. The van der Waals surface area contributed by atoms with Gasteiger partial charge in [0.25, 0.3) is 0 Å². The van der Waals surface area contributed by atoms with Crippen molar-refractivity contribution < 1.29 is 13.2 Å². The van der Waals surface area contributed by atoms with Gasteiger partial charge in [-0.3, -0.25) is 4.79 Å². The predicted octanol–water partition coefficient (Wildman–Crippen LogP) is 1.75. The summed E-state index contributed by atoms with van der Waals surface area (Å²) in [6.07, 6.45) is 2.36. The average Bonchev–Trinajstić information content (AvgIpc) is 3.37. The molecule has 0 saturated heterocycles. The molecule has 0 radical (unpaired) electrons. The van der Waals surface area contributed by atoms with Gasteiger partial charge in [-0.2, -0.15) is 0 Å². The Balaban J connectivity index is 0.00000312. The topological polar surface area (TPSA) is 101 Å². The van der Waals surface area contributed by atoms with Crippen LogP contribution in [-0.2, 0) is 14.8 Å². The summed E-state index contributed by atoms with van der Waals surface area (Å²) in [7, 11) is -3.59. The van der Waals surface area contributed by atoms with Crippen molar-refractivity contribution in [3.8, 4) is 0 Å². The Hall–Kier alpha value is -1.15. The van der Waals surface area contributed by atoms with Crippen LogP contribution in [0.5, 0.6) is 0 Å². The van der Waals surface area contributed by atoms with Crippen molar-refractivity contribution in [3.63, 3.8) is 0 Å². The van der Waals surface area contributed by atoms with E-state index in [2.05, 4.69) is 23.9 Å². The number of amides is 1. The third-order valence-electron chi connectivity index (χ3n) is 4.26. The van der Waals surface area contributed by atoms with E-state index in [0.717, 1.165) is 18.4 Å². The van der Waals surface area contributed by atoms with Gasteiger partial charge in [-0.05, 0) is 42.4 Å². The first-order chi connectivity index (χ1) is 11.3. The fourth-order valence-electron chi connectivity index (χ4n) is 2.43. The van der Waals surface area contributed by atoms with Gasteiger partial charge in [0.15, 0.2) is 0 Å². The van der Waals surface area contributed by atoms with Crippen LogP contribution >= 0.6 is 12.4 Å². The third-order valence-corrected chi connectivity index (χ3v) is 5.74. The Bertz CT molecular complexity index is 658. The molecule has 1 amide bonds. The van der Waals surface area contributed by atoms with E-state index >= 15 is 0 Å². The van der Waals surface area contributed by atoms with Crippen LogP contribution in [0.3, 0.4) is 0 Å². The molecule has 0 heterocycles. The first-order valence-electron chi connectivity index (χ1n) is 8.41. The standard InChI is InChI=1S/C17H27N3O3S.ClH/c1-12(2)13-5-7-15(8-6-13)24(22,23)20-10-9-17(21)19-11-16(18)14-3-4-14;/h5-8,12,14,16,20H,3-4,9-11,18H2,1-2H3,(H,19,21);1H. The maximum absolute atomic E-state index is 12.2. The molecule has 1 aromatic carbocycles. The lowest BCUT2D eigenvalue weighted by molar-refractivity contribution is -0.121. The van der Waals surface area contributed by atoms with Crippen molar-refractivity contribution in [3.05, 3.63) is 29.8 Å². The van der Waals surface area contributed by atoms with Gasteiger partial charge < -0.3 is 11.1 Å². The van der Waals surface area contributed by atoms with Crippen LogP contribution < -0.4 is 15.8 Å². The van der Waals surface area contributed by atoms with Gasteiger partial charge in [-0.1, -0.05) is 26.0 Å². The molecule has 2 rings (SSSR count). The number of carbonyl (C=O) groups excluding carboxylic acids is 1. The molecule has 1 atom stereocenters. The maximum Gasteiger partial charge on any atom is 0.240 e. The summed E-state index contributed by atoms with van der Waals surface area (Å²) >= 11 is 0. The van der Waals surface area contributed by atoms with Crippen LogP contribution in [0.4, 0.5) is 0 Å². The van der Waals surface area contributed by atoms with Gasteiger partial charge in [0.2, 0.25) is 15.9 Å². The molecule has 6 nitrogen and oxygen atoms in total. The number of sulfonamides is 1. The molecule has 1 fully saturated rings. The van der Waals surface area contributed by atoms with Crippen molar-refractivity contribution in [1.29, 1.82) is 0 Å². The Morgan fingerprint density at radius 2 is 1.84 bits per heavy atom. The Labute approximate surface area is 156 Å². The van der Waals surface area contributed by atoms with E-state index in [9.17, 15) is 13.2 Å². The van der Waals surface area contributed by atoms with E-state index < -0.39 is 10.0 Å². The molecule has 1 aromatic rings. The SMILES string of the molecule is CC(C)c1ccc(S(=O)(=O)NCCC(=O)NCC(N)C2CC2)cc1.Cl. The maximum atomic E-state index is 12.2. The largest absolute Gasteiger partial charge is 0.354 e. The van der Waals surface area contributed by atoms with Crippen molar-refractivity contribution in [2.24, 2.45) is 11.7 Å². The summed E-state index contributed by atoms with van der Waals surface area (Å²) < 4.78 is 26.8. The van der Waals surface area contributed by atoms with Gasteiger partial charge in [0.05, 0.1) is 4.90 Å². The lowest BCUT2D eigenvalue weighted by Crippen LogP contribution is -2.39. The Morgan fingerprint density at radius 3 is 2.36 bits per heavy atom. The smallest absolute Gasteiger partial charge is 0.240 e.